The van der Waals surface area contributed by atoms with Crippen molar-refractivity contribution in [2.24, 2.45) is 4.99 Å². The molecule has 0 amide bonds. The van der Waals surface area contributed by atoms with E-state index in [1.54, 1.807) is 5.37 Å². The Bertz CT molecular complexity index is 771. The summed E-state index contributed by atoms with van der Waals surface area (Å²) in [4.78, 5) is 4.07. The van der Waals surface area contributed by atoms with Gasteiger partial charge >= 0.3 is 0 Å². The predicted octanol–water partition coefficient (Wildman–Crippen LogP) is 2.88. The third-order valence-electron chi connectivity index (χ3n) is 2.83. The number of nitrogens with zero attached hydrogens (tertiary/aromatic N) is 1. The van der Waals surface area contributed by atoms with Gasteiger partial charge in [-0.2, -0.15) is 0 Å². The van der Waals surface area contributed by atoms with Gasteiger partial charge in [0, 0.05) is 10.9 Å². The minimum absolute atomic E-state index is 0.424. The van der Waals surface area contributed by atoms with Gasteiger partial charge in [0.1, 0.15) is 0 Å². The molecule has 0 radical (unpaired) electrons. The second-order valence-electron chi connectivity index (χ2n) is 4.33. The zero-order valence-corrected chi connectivity index (χ0v) is 11.5. The van der Waals surface area contributed by atoms with E-state index in [1.807, 2.05) is 60.7 Å². The summed E-state index contributed by atoms with van der Waals surface area (Å²) in [5, 5.41) is 6.77. The molecular weight excluding hydrogens is 268 g/mol. The highest BCUT2D eigenvalue weighted by Gasteiger charge is 2.07. The maximum Gasteiger partial charge on any atom is 0.0373 e. The van der Waals surface area contributed by atoms with Crippen LogP contribution in [-0.2, 0) is 9.52 Å². The average Bonchev–Trinajstić information content (AvgIpc) is 2.82. The Morgan fingerprint density at radius 3 is 2.35 bits per heavy atom. The molecule has 1 N–H and O–H groups in total. The second kappa shape index (κ2) is 5.35. The molecule has 20 heavy (non-hydrogen) atoms. The van der Waals surface area contributed by atoms with E-state index in [1.165, 1.54) is 5.41 Å². The molecule has 0 aliphatic carbocycles. The normalized spacial score (nSPS) is 20.5. The van der Waals surface area contributed by atoms with Crippen molar-refractivity contribution in [1.29, 1.82) is 0 Å². The highest BCUT2D eigenvalue weighted by Crippen LogP contribution is 2.13. The SMILES string of the molecule is O=S1(=Cc2ccccc2)C=[C-]N=C1Nc1ccccc1. The van der Waals surface area contributed by atoms with Crippen LogP contribution in [0.5, 0.6) is 0 Å². The van der Waals surface area contributed by atoms with Crippen molar-refractivity contribution in [1.82, 2.24) is 0 Å². The molecule has 2 aromatic rings. The lowest BCUT2D eigenvalue weighted by atomic mass is 10.2. The first kappa shape index (κ1) is 12.7. The summed E-state index contributed by atoms with van der Waals surface area (Å²) in [5.74, 6) is 0. The number of benzene rings is 2. The van der Waals surface area contributed by atoms with Gasteiger partial charge in [-0.3, -0.25) is 4.21 Å². The van der Waals surface area contributed by atoms with Gasteiger partial charge in [-0.1, -0.05) is 53.9 Å². The molecule has 2 aromatic carbocycles. The molecule has 0 bridgehead atoms. The van der Waals surface area contributed by atoms with E-state index in [-0.39, 0.29) is 0 Å². The number of para-hydroxylation sites is 1. The average molecular weight is 281 g/mol. The molecule has 0 saturated carbocycles. The number of aliphatic imine (C=N–C) groups is 1. The summed E-state index contributed by atoms with van der Waals surface area (Å²) >= 11 is 0. The minimum atomic E-state index is -2.47. The lowest BCUT2D eigenvalue weighted by molar-refractivity contribution is 0.693. The van der Waals surface area contributed by atoms with Gasteiger partial charge in [0.05, 0.1) is 0 Å². The quantitative estimate of drug-likeness (QED) is 0.679. The zero-order valence-electron chi connectivity index (χ0n) is 10.7. The molecule has 1 aliphatic rings. The van der Waals surface area contributed by atoms with E-state index in [2.05, 4.69) is 16.5 Å². The van der Waals surface area contributed by atoms with E-state index in [0.717, 1.165) is 11.3 Å². The standard InChI is InChI=1S/C16H13N2OS/c19-20(13-14-7-3-1-4-8-14)12-11-17-16(20)18-15-9-5-2-6-10-15/h1-10,12-13H,(H,17,18)/q-1. The lowest BCUT2D eigenvalue weighted by Gasteiger charge is -2.17. The van der Waals surface area contributed by atoms with Crippen LogP contribution >= 0.6 is 0 Å². The first-order chi connectivity index (χ1) is 9.76. The van der Waals surface area contributed by atoms with E-state index >= 15 is 0 Å². The summed E-state index contributed by atoms with van der Waals surface area (Å²) in [6, 6.07) is 19.2. The first-order valence-corrected chi connectivity index (χ1v) is 7.87. The van der Waals surface area contributed by atoms with E-state index in [9.17, 15) is 4.21 Å². The van der Waals surface area contributed by atoms with Crippen molar-refractivity contribution in [2.75, 3.05) is 5.32 Å². The van der Waals surface area contributed by atoms with Gasteiger partial charge in [0.25, 0.3) is 0 Å². The van der Waals surface area contributed by atoms with Crippen molar-refractivity contribution in [3.05, 3.63) is 77.8 Å². The molecule has 1 aliphatic heterocycles. The lowest BCUT2D eigenvalue weighted by Crippen LogP contribution is -2.21. The van der Waals surface area contributed by atoms with Crippen molar-refractivity contribution >= 4 is 25.7 Å². The van der Waals surface area contributed by atoms with Gasteiger partial charge in [0.15, 0.2) is 0 Å². The van der Waals surface area contributed by atoms with Crippen LogP contribution in [0, 0.1) is 6.20 Å². The van der Waals surface area contributed by atoms with Gasteiger partial charge in [-0.05, 0) is 32.6 Å². The molecular formula is C16H13N2OS-. The molecule has 3 rings (SSSR count). The number of nitrogens with one attached hydrogen (secondary N) is 1. The number of rotatable bonds is 2. The summed E-state index contributed by atoms with van der Waals surface area (Å²) in [7, 11) is -2.47. The number of hydrogen-bond donors (Lipinski definition) is 1. The highest BCUT2D eigenvalue weighted by molar-refractivity contribution is 8.17. The second-order valence-corrected chi connectivity index (χ2v) is 6.48. The largest absolute Gasteiger partial charge is 0.429 e. The molecule has 100 valence electrons. The van der Waals surface area contributed by atoms with Gasteiger partial charge in [-0.15, -0.1) is 6.20 Å². The van der Waals surface area contributed by atoms with Crippen LogP contribution in [0.1, 0.15) is 5.56 Å². The van der Waals surface area contributed by atoms with Crippen molar-refractivity contribution < 1.29 is 4.21 Å². The number of hydrogen-bond acceptors (Lipinski definition) is 3. The minimum Gasteiger partial charge on any atom is -0.429 e. The summed E-state index contributed by atoms with van der Waals surface area (Å²) in [6.07, 6.45) is 2.70. The Labute approximate surface area is 118 Å². The third kappa shape index (κ3) is 2.65. The van der Waals surface area contributed by atoms with Gasteiger partial charge in [0.2, 0.25) is 0 Å². The molecule has 0 aromatic heterocycles. The Hall–Kier alpha value is -2.33. The Morgan fingerprint density at radius 1 is 1.00 bits per heavy atom. The smallest absolute Gasteiger partial charge is 0.0373 e. The molecule has 1 unspecified atom stereocenters. The monoisotopic (exact) mass is 281 g/mol. The molecule has 1 atom stereocenters. The topological polar surface area (TPSA) is 41.5 Å². The molecule has 1 heterocycles. The first-order valence-electron chi connectivity index (χ1n) is 6.19. The third-order valence-corrected chi connectivity index (χ3v) is 4.71. The van der Waals surface area contributed by atoms with Crippen LogP contribution in [0.2, 0.25) is 0 Å². The fourth-order valence-corrected chi connectivity index (χ4v) is 3.40. The highest BCUT2D eigenvalue weighted by atomic mass is 32.2. The predicted molar refractivity (Wildman–Crippen MR) is 85.1 cm³/mol. The van der Waals surface area contributed by atoms with E-state index in [0.29, 0.717) is 5.17 Å². The summed E-state index contributed by atoms with van der Waals surface area (Å²) < 4.78 is 12.9. The van der Waals surface area contributed by atoms with Crippen molar-refractivity contribution in [3.8, 4) is 0 Å². The van der Waals surface area contributed by atoms with Crippen LogP contribution in [-0.4, -0.2) is 14.7 Å². The maximum atomic E-state index is 12.9. The molecule has 0 saturated heterocycles. The van der Waals surface area contributed by atoms with E-state index < -0.39 is 9.52 Å². The summed E-state index contributed by atoms with van der Waals surface area (Å²) in [5.41, 5.74) is 1.76. The van der Waals surface area contributed by atoms with Crippen LogP contribution in [0.3, 0.4) is 0 Å². The summed E-state index contributed by atoms with van der Waals surface area (Å²) in [6.45, 7) is 0. The van der Waals surface area contributed by atoms with Gasteiger partial charge in [-0.25, -0.2) is 0 Å². The fourth-order valence-electron chi connectivity index (χ4n) is 1.87. The van der Waals surface area contributed by atoms with Gasteiger partial charge < -0.3 is 10.3 Å². The van der Waals surface area contributed by atoms with Crippen LogP contribution in [0.25, 0.3) is 0 Å². The number of amidine groups is 1. The number of anilines is 1. The maximum absolute atomic E-state index is 12.9. The van der Waals surface area contributed by atoms with E-state index in [4.69, 9.17) is 0 Å². The van der Waals surface area contributed by atoms with Crippen LogP contribution < -0.4 is 5.32 Å². The van der Waals surface area contributed by atoms with Crippen LogP contribution in [0.4, 0.5) is 5.69 Å². The molecule has 3 nitrogen and oxygen atoms in total. The Morgan fingerprint density at radius 2 is 1.65 bits per heavy atom. The fraction of sp³-hybridized carbons (Fsp3) is 0. The molecule has 0 fully saturated rings. The Balaban J connectivity index is 1.94. The van der Waals surface area contributed by atoms with Crippen molar-refractivity contribution in [3.63, 3.8) is 0 Å². The molecule has 0 spiro atoms. The Kier molecular flexibility index (Phi) is 3.39. The van der Waals surface area contributed by atoms with Crippen LogP contribution in [0.15, 0.2) is 71.1 Å². The molecule has 4 heteroatoms. The zero-order chi connectivity index (χ0) is 13.8. The van der Waals surface area contributed by atoms with Crippen molar-refractivity contribution in [2.45, 2.75) is 0 Å².